The minimum atomic E-state index is -2.06. The summed E-state index contributed by atoms with van der Waals surface area (Å²) in [6.45, 7) is 3.24. The zero-order chi connectivity index (χ0) is 69.0. The average molecular weight is 1360 g/mol. The Morgan fingerprint density at radius 3 is 2.06 bits per heavy atom. The Labute approximate surface area is 560 Å². The van der Waals surface area contributed by atoms with Crippen LogP contribution in [0.15, 0.2) is 66.7 Å². The van der Waals surface area contributed by atoms with Crippen molar-refractivity contribution in [3.8, 4) is 32.6 Å². The van der Waals surface area contributed by atoms with Gasteiger partial charge in [0, 0.05) is 100 Å². The summed E-state index contributed by atoms with van der Waals surface area (Å²) in [6, 6.07) is 7.46. The minimum Gasteiger partial charge on any atom is -0.504 e. The number of hydrogen-bond donors (Lipinski definition) is 15. The van der Waals surface area contributed by atoms with E-state index in [2.05, 4.69) is 59.1 Å². The predicted molar refractivity (Wildman–Crippen MR) is 351 cm³/mol. The molecule has 4 saturated heterocycles. The van der Waals surface area contributed by atoms with E-state index in [0.29, 0.717) is 21.5 Å². The highest BCUT2D eigenvalue weighted by atomic mass is 32.1. The van der Waals surface area contributed by atoms with Gasteiger partial charge in [-0.05, 0) is 106 Å². The Kier molecular flexibility index (Phi) is 25.1. The molecule has 29 nitrogen and oxygen atoms in total. The van der Waals surface area contributed by atoms with Gasteiger partial charge in [0.05, 0.1) is 48.8 Å². The molecule has 1 unspecified atom stereocenters. The van der Waals surface area contributed by atoms with E-state index in [9.17, 15) is 69.3 Å². The van der Waals surface area contributed by atoms with Crippen molar-refractivity contribution in [3.63, 3.8) is 0 Å². The fraction of sp³-hybridized carbons (Fsp3) is 0.591. The van der Waals surface area contributed by atoms with Crippen LogP contribution in [0.1, 0.15) is 94.0 Å². The second kappa shape index (κ2) is 33.2. The van der Waals surface area contributed by atoms with Crippen molar-refractivity contribution < 1.29 is 83.9 Å². The predicted octanol–water partition coefficient (Wildman–Crippen LogP) is -1.60. The molecule has 1 saturated carbocycles. The molecule has 4 aliphatic heterocycles. The van der Waals surface area contributed by atoms with Crippen LogP contribution in [0.5, 0.6) is 11.5 Å². The van der Waals surface area contributed by atoms with Crippen molar-refractivity contribution in [1.82, 2.24) is 51.9 Å². The molecular formula is C66H92N12O17S. The number of aromatic hydroxyl groups is 1. The molecule has 5 heterocycles. The lowest BCUT2D eigenvalue weighted by Gasteiger charge is -2.47. The largest absolute Gasteiger partial charge is 0.504 e. The third kappa shape index (κ3) is 17.4. The molecule has 5 aliphatic rings. The van der Waals surface area contributed by atoms with Crippen LogP contribution >= 0.6 is 11.3 Å². The second-order valence-corrected chi connectivity index (χ2v) is 26.8. The van der Waals surface area contributed by atoms with Gasteiger partial charge in [-0.15, -0.1) is 10.2 Å². The van der Waals surface area contributed by atoms with Gasteiger partial charge in [-0.3, -0.25) is 33.6 Å². The number of fused-ring (bicyclic) bond motifs is 2. The van der Waals surface area contributed by atoms with E-state index >= 15 is 0 Å². The van der Waals surface area contributed by atoms with E-state index in [1.165, 1.54) is 80.7 Å². The highest BCUT2D eigenvalue weighted by molar-refractivity contribution is 7.17. The van der Waals surface area contributed by atoms with Crippen molar-refractivity contribution >= 4 is 58.4 Å². The first kappa shape index (κ1) is 72.8. The Bertz CT molecular complexity index is 3310. The molecule has 0 radical (unpaired) electrons. The van der Waals surface area contributed by atoms with Crippen molar-refractivity contribution in [3.05, 3.63) is 77.9 Å². The summed E-state index contributed by atoms with van der Waals surface area (Å²) in [5.41, 5.74) is 8.65. The van der Waals surface area contributed by atoms with Gasteiger partial charge in [-0.2, -0.15) is 0 Å². The number of benzene rings is 3. The van der Waals surface area contributed by atoms with Crippen LogP contribution in [-0.4, -0.2) is 253 Å². The highest BCUT2D eigenvalue weighted by Gasteiger charge is 2.50. The molecule has 7 amide bonds. The Hall–Kier alpha value is -7.49. The number of aliphatic hydroxyl groups excluding tert-OH is 7. The van der Waals surface area contributed by atoms with Crippen LogP contribution in [0.3, 0.4) is 0 Å². The summed E-state index contributed by atoms with van der Waals surface area (Å²) < 4.78 is 11.9. The lowest BCUT2D eigenvalue weighted by molar-refractivity contribution is -0.147. The van der Waals surface area contributed by atoms with Crippen molar-refractivity contribution in [2.24, 2.45) is 17.6 Å². The van der Waals surface area contributed by atoms with Gasteiger partial charge in [-0.25, -0.2) is 0 Å². The van der Waals surface area contributed by atoms with Crippen LogP contribution < -0.4 is 47.3 Å². The number of aliphatic hydroxyl groups is 7. The first-order valence-corrected chi connectivity index (χ1v) is 33.8. The number of nitrogens with one attached hydrogen (secondary N) is 6. The summed E-state index contributed by atoms with van der Waals surface area (Å²) in [6.07, 6.45) is -3.72. The van der Waals surface area contributed by atoms with E-state index < -0.39 is 152 Å². The zero-order valence-corrected chi connectivity index (χ0v) is 55.1. The van der Waals surface area contributed by atoms with Gasteiger partial charge in [0.25, 0.3) is 5.91 Å². The van der Waals surface area contributed by atoms with Gasteiger partial charge in [0.1, 0.15) is 52.9 Å². The molecule has 1 aromatic heterocycles. The number of anilines is 1. The normalized spacial score (nSPS) is 26.9. The lowest BCUT2D eigenvalue weighted by atomic mass is 9.72. The number of piperidine rings is 1. The third-order valence-corrected chi connectivity index (χ3v) is 20.2. The van der Waals surface area contributed by atoms with Crippen molar-refractivity contribution in [2.75, 3.05) is 77.6 Å². The van der Waals surface area contributed by atoms with E-state index in [1.807, 2.05) is 19.2 Å². The quantitative estimate of drug-likeness (QED) is 0.0443. The number of hydrogen-bond acceptors (Lipinski definition) is 23. The topological polar surface area (TPSA) is 433 Å². The van der Waals surface area contributed by atoms with Gasteiger partial charge >= 0.3 is 0 Å². The molecule has 16 N–H and O–H groups in total. The van der Waals surface area contributed by atoms with E-state index in [0.717, 1.165) is 53.9 Å². The smallest absolute Gasteiger partial charge is 0.251 e. The number of carbonyl (C=O) groups excluding carboxylic acids is 7. The number of carbonyl (C=O) groups is 7. The number of phenolic OH excluding ortho intramolecular Hbond substituents is 1. The lowest BCUT2D eigenvalue weighted by Crippen LogP contribution is -2.64. The number of aromatic nitrogens is 2. The summed E-state index contributed by atoms with van der Waals surface area (Å²) in [4.78, 5) is 106. The molecule has 0 spiro atoms. The zero-order valence-electron chi connectivity index (χ0n) is 54.3. The summed E-state index contributed by atoms with van der Waals surface area (Å²) in [7, 11) is 1.86. The number of phenols is 1. The number of rotatable bonds is 20. The Morgan fingerprint density at radius 2 is 1.42 bits per heavy atom. The maximum absolute atomic E-state index is 14.8. The van der Waals surface area contributed by atoms with Crippen LogP contribution in [0.4, 0.5) is 5.69 Å². The van der Waals surface area contributed by atoms with Gasteiger partial charge < -0.3 is 103 Å². The first-order valence-electron chi connectivity index (χ1n) is 33.0. The molecule has 13 atom stereocenters. The number of nitrogens with zero attached hydrogens (tertiary/aromatic N) is 5. The molecule has 0 bridgehead atoms. The second-order valence-electron chi connectivity index (χ2n) is 25.8. The average Bonchev–Trinajstić information content (AvgIpc) is 0.965. The van der Waals surface area contributed by atoms with Crippen molar-refractivity contribution in [1.29, 1.82) is 0 Å². The fourth-order valence-electron chi connectivity index (χ4n) is 13.7. The SMILES string of the molecule is COC1(C2CCCCC2)CCN(c2ccc(-c3nnc(-c4ccc(C(=O)NC5C[C@@H](O)CNC(=O)[C@@H]6[C@@H](O)[C@@H](C)CN6C(=O)[C@H]([C@H](O)CCN)NC(=O)[C@H]([C@H](O)Cc6ccc(O)c(OCCNCCO)c6)NC(=O)[C@@H]6C[C@@H](O)CN6C(=O)[C@H]([C@@H](C)O)NC5=O)cc4)s3)cc2)CC1. The summed E-state index contributed by atoms with van der Waals surface area (Å²) in [5.74, 6) is -8.08. The maximum Gasteiger partial charge on any atom is 0.251 e. The monoisotopic (exact) mass is 1360 g/mol. The maximum atomic E-state index is 14.8. The Balaban J connectivity index is 0.949. The standard InChI is InChI=1S/C66H92N12O17S/c1-36-34-78-55(56(36)86)61(91)69-33-44(81)31-46(70-57(87)39-10-12-40(13-11-39)62-74-75-63(96-62)41-14-16-43(17-15-41)76-25-20-66(94-3,21-26-76)42-7-5-4-6-8-42)58(88)71-52(37(2)80)64(92)77-35-45(82)32-47(77)59(89)72-53(60(90)73-54(65(78)93)49(84)19-22-67)50(85)29-38-9-18-48(83)51(30-38)95-28-24-68-23-27-79/h9-18,30,36-37,42,44-47,49-50,52-56,68,79-86H,4-8,19-29,31-35,67H2,1-3H3,(H,69,91)(H,70,87)(H,71,88)(H,72,89)(H,73,90)/t36-,37+,44+,45+,46?,47-,49+,50+,52-,53-,54-,55-,56-/m0/s1. The van der Waals surface area contributed by atoms with Gasteiger partial charge in [0.15, 0.2) is 11.5 Å². The molecule has 9 rings (SSSR count). The van der Waals surface area contributed by atoms with E-state index in [1.54, 1.807) is 12.1 Å². The number of amides is 7. The third-order valence-electron chi connectivity index (χ3n) is 19.2. The minimum absolute atomic E-state index is 0.0294. The molecular weight excluding hydrogens is 1260 g/mol. The van der Waals surface area contributed by atoms with Crippen LogP contribution in [0.2, 0.25) is 0 Å². The summed E-state index contributed by atoms with van der Waals surface area (Å²) >= 11 is 1.35. The highest BCUT2D eigenvalue weighted by Crippen LogP contribution is 2.43. The van der Waals surface area contributed by atoms with Crippen LogP contribution in [0, 0.1) is 11.8 Å². The first-order chi connectivity index (χ1) is 46.0. The molecule has 1 aliphatic carbocycles. The molecule has 30 heteroatoms. The van der Waals surface area contributed by atoms with E-state index in [-0.39, 0.29) is 74.0 Å². The van der Waals surface area contributed by atoms with E-state index in [4.69, 9.17) is 20.3 Å². The number of methoxy groups -OCH3 is 1. The number of ether oxygens (including phenoxy) is 2. The van der Waals surface area contributed by atoms with Gasteiger partial charge in [-0.1, -0.05) is 55.7 Å². The molecule has 5 fully saturated rings. The molecule has 96 heavy (non-hydrogen) atoms. The van der Waals surface area contributed by atoms with Gasteiger partial charge in [0.2, 0.25) is 35.4 Å². The summed E-state index contributed by atoms with van der Waals surface area (Å²) in [5, 5.41) is 114. The van der Waals surface area contributed by atoms with Crippen LogP contribution in [0.25, 0.3) is 21.1 Å². The Morgan fingerprint density at radius 1 is 0.771 bits per heavy atom. The molecule has 524 valence electrons. The fourth-order valence-corrected chi connectivity index (χ4v) is 14.5. The number of β-amino-alcohol motifs (C(OH)–C–C–N with tert-alkyl or cyclic N) is 1. The van der Waals surface area contributed by atoms with Crippen LogP contribution in [-0.2, 0) is 39.9 Å². The molecule has 3 aromatic carbocycles. The molecule has 4 aromatic rings. The number of nitrogens with two attached hydrogens (primary N) is 1. The van der Waals surface area contributed by atoms with Crippen molar-refractivity contribution in [2.45, 2.75) is 163 Å².